The van der Waals surface area contributed by atoms with E-state index in [-0.39, 0.29) is 40.2 Å². The van der Waals surface area contributed by atoms with Gasteiger partial charge in [-0.3, -0.25) is 9.59 Å². The molecule has 0 saturated heterocycles. The number of cyclic esters (lactones) is 1. The molecule has 0 fully saturated rings. The average molecular weight is 613 g/mol. The molecule has 0 aromatic carbocycles. The number of hydrogen-bond donors (Lipinski definition) is 1. The van der Waals surface area contributed by atoms with Crippen molar-refractivity contribution >= 4 is 28.4 Å². The van der Waals surface area contributed by atoms with Gasteiger partial charge in [-0.2, -0.15) is 0 Å². The highest BCUT2D eigenvalue weighted by atomic mass is 28.4. The minimum atomic E-state index is -2.36. The fourth-order valence-electron chi connectivity index (χ4n) is 4.88. The van der Waals surface area contributed by atoms with Crippen molar-refractivity contribution in [2.75, 3.05) is 0 Å². The second-order valence-electron chi connectivity index (χ2n) is 16.2. The predicted octanol–water partition coefficient (Wildman–Crippen LogP) is 8.45. The van der Waals surface area contributed by atoms with E-state index in [9.17, 15) is 14.7 Å². The topological polar surface area (TPSA) is 82.1 Å². The lowest BCUT2D eigenvalue weighted by atomic mass is 9.73. The number of esters is 1. The number of allylic oxidation sites excluding steroid dienone is 1. The summed E-state index contributed by atoms with van der Waals surface area (Å²) in [5, 5.41) is 10.2. The minimum absolute atomic E-state index is 0.0150. The summed E-state index contributed by atoms with van der Waals surface area (Å²) in [4.78, 5) is 27.9. The molecule has 1 rings (SSSR count). The van der Waals surface area contributed by atoms with E-state index in [1.807, 2.05) is 26.8 Å². The lowest BCUT2D eigenvalue weighted by Crippen LogP contribution is -2.54. The van der Waals surface area contributed by atoms with Crippen LogP contribution in [0.2, 0.25) is 36.3 Å². The lowest BCUT2D eigenvalue weighted by Gasteiger charge is -2.46. The number of rotatable bonds is 5. The van der Waals surface area contributed by atoms with Crippen LogP contribution < -0.4 is 0 Å². The van der Waals surface area contributed by atoms with E-state index in [1.165, 1.54) is 0 Å². The fraction of sp³-hybridized carbons (Fsp3) is 0.879. The molecule has 0 aromatic rings. The Labute approximate surface area is 254 Å². The smallest absolute Gasteiger partial charge is 0.308 e. The van der Waals surface area contributed by atoms with E-state index >= 15 is 0 Å². The Balaban J connectivity index is 3.65. The highest BCUT2D eigenvalue weighted by molar-refractivity contribution is 6.74. The maximum absolute atomic E-state index is 14.5. The van der Waals surface area contributed by atoms with Gasteiger partial charge in [-0.25, -0.2) is 0 Å². The fourth-order valence-corrected chi connectivity index (χ4v) is 7.79. The Bertz CT molecular complexity index is 894. The molecule has 1 aliphatic rings. The second kappa shape index (κ2) is 14.3. The molecule has 6 nitrogen and oxygen atoms in total. The molecule has 0 aromatic heterocycles. The third-order valence-electron chi connectivity index (χ3n) is 10.1. The van der Waals surface area contributed by atoms with Gasteiger partial charge in [0.05, 0.1) is 24.7 Å². The van der Waals surface area contributed by atoms with Crippen LogP contribution in [0.4, 0.5) is 0 Å². The molecular formula is C33H64O6Si2. The summed E-state index contributed by atoms with van der Waals surface area (Å²) in [7, 11) is -4.54. The maximum Gasteiger partial charge on any atom is 0.308 e. The monoisotopic (exact) mass is 612 g/mol. The van der Waals surface area contributed by atoms with Crippen LogP contribution in [0.5, 0.6) is 0 Å². The van der Waals surface area contributed by atoms with Crippen molar-refractivity contribution in [3.8, 4) is 0 Å². The van der Waals surface area contributed by atoms with Crippen molar-refractivity contribution in [3.63, 3.8) is 0 Å². The lowest BCUT2D eigenvalue weighted by molar-refractivity contribution is -0.159. The minimum Gasteiger partial charge on any atom is -0.459 e. The Hall–Kier alpha value is -0.806. The molecule has 41 heavy (non-hydrogen) atoms. The summed E-state index contributed by atoms with van der Waals surface area (Å²) in [5.41, 5.74) is -0.958. The first-order valence-corrected chi connectivity index (χ1v) is 21.6. The van der Waals surface area contributed by atoms with Gasteiger partial charge in [0.15, 0.2) is 16.6 Å². The number of ketones is 1. The van der Waals surface area contributed by atoms with Crippen LogP contribution in [0, 0.1) is 17.3 Å². The maximum atomic E-state index is 14.5. The standard InChI is InChI=1S/C33H64O6Si2/c1-23-20-18-16-17-19-21-26(25(3)34)37-28(35)22-27(38-40(12,13)31(4,5)6)33(10,11)30(36)24(2)29(23)39-41(14,15)32(7,8)9/h17,19,23-27,29,34H,16,18,20-22H2,1-15H3/b19-17-/t23-,24-,25?,26+,27+,29+/m1/s1. The summed E-state index contributed by atoms with van der Waals surface area (Å²) in [5.74, 6) is -0.570. The third kappa shape index (κ3) is 10.4. The summed E-state index contributed by atoms with van der Waals surface area (Å²) >= 11 is 0. The molecule has 8 heteroatoms. The molecule has 0 saturated carbocycles. The number of hydrogen-bond acceptors (Lipinski definition) is 6. The van der Waals surface area contributed by atoms with Gasteiger partial charge >= 0.3 is 5.97 Å². The predicted molar refractivity (Wildman–Crippen MR) is 175 cm³/mol. The van der Waals surface area contributed by atoms with Crippen molar-refractivity contribution in [3.05, 3.63) is 12.2 Å². The first kappa shape index (κ1) is 38.2. The van der Waals surface area contributed by atoms with Crippen LogP contribution in [-0.4, -0.2) is 57.9 Å². The summed E-state index contributed by atoms with van der Waals surface area (Å²) < 4.78 is 19.7. The molecule has 1 unspecified atom stereocenters. The summed E-state index contributed by atoms with van der Waals surface area (Å²) in [6.45, 7) is 31.7. The Morgan fingerprint density at radius 3 is 1.95 bits per heavy atom. The van der Waals surface area contributed by atoms with E-state index in [4.69, 9.17) is 13.6 Å². The van der Waals surface area contributed by atoms with Gasteiger partial charge < -0.3 is 18.7 Å². The van der Waals surface area contributed by atoms with Crippen LogP contribution >= 0.6 is 0 Å². The zero-order valence-corrected chi connectivity index (χ0v) is 31.1. The quantitative estimate of drug-likeness (QED) is 0.191. The van der Waals surface area contributed by atoms with Crippen molar-refractivity contribution < 1.29 is 28.3 Å². The van der Waals surface area contributed by atoms with Crippen molar-refractivity contribution in [2.45, 2.75) is 169 Å². The zero-order chi connectivity index (χ0) is 32.2. The summed E-state index contributed by atoms with van der Waals surface area (Å²) in [6, 6.07) is 0. The molecule has 0 bridgehead atoms. The molecule has 1 N–H and O–H groups in total. The van der Waals surface area contributed by atoms with Crippen LogP contribution in [0.3, 0.4) is 0 Å². The number of aliphatic hydroxyl groups excluding tert-OH is 1. The first-order chi connectivity index (χ1) is 18.3. The molecular weight excluding hydrogens is 549 g/mol. The van der Waals surface area contributed by atoms with Gasteiger partial charge in [0, 0.05) is 17.8 Å². The van der Waals surface area contributed by atoms with Crippen molar-refractivity contribution in [1.29, 1.82) is 0 Å². The molecule has 0 spiro atoms. The van der Waals surface area contributed by atoms with Crippen molar-refractivity contribution in [1.82, 2.24) is 0 Å². The SMILES string of the molecule is CC(O)[C@@H]1C/C=C\CCC[C@@H](C)[C@H](O[Si](C)(C)C(C)(C)C)[C@@H](C)C(=O)C(C)(C)[C@@H](O[Si](C)(C)C(C)(C)C)CC(=O)O1. The van der Waals surface area contributed by atoms with Crippen LogP contribution in [-0.2, 0) is 23.2 Å². The van der Waals surface area contributed by atoms with Crippen LogP contribution in [0.25, 0.3) is 0 Å². The van der Waals surface area contributed by atoms with Gasteiger partial charge in [-0.1, -0.05) is 81.4 Å². The normalized spacial score (nSPS) is 30.0. The van der Waals surface area contributed by atoms with Gasteiger partial charge in [-0.05, 0) is 68.4 Å². The average Bonchev–Trinajstić information content (AvgIpc) is 2.80. The number of Topliss-reactive ketones (excluding diaryl/α,β-unsaturated/α-hetero) is 1. The molecule has 0 radical (unpaired) electrons. The molecule has 1 heterocycles. The molecule has 6 atom stereocenters. The summed E-state index contributed by atoms with van der Waals surface area (Å²) in [6.07, 6.45) is 4.98. The van der Waals surface area contributed by atoms with E-state index < -0.39 is 46.3 Å². The number of carbonyl (C=O) groups excluding carboxylic acids is 2. The van der Waals surface area contributed by atoms with Gasteiger partial charge in [-0.15, -0.1) is 0 Å². The number of ether oxygens (including phenoxy) is 1. The molecule has 0 amide bonds. The highest BCUT2D eigenvalue weighted by Gasteiger charge is 2.50. The van der Waals surface area contributed by atoms with E-state index in [0.29, 0.717) is 6.42 Å². The van der Waals surface area contributed by atoms with E-state index in [2.05, 4.69) is 80.7 Å². The highest BCUT2D eigenvalue weighted by Crippen LogP contribution is 2.44. The largest absolute Gasteiger partial charge is 0.459 e. The zero-order valence-electron chi connectivity index (χ0n) is 29.1. The molecule has 0 aliphatic carbocycles. The first-order valence-electron chi connectivity index (χ1n) is 15.8. The van der Waals surface area contributed by atoms with E-state index in [0.717, 1.165) is 19.3 Å². The van der Waals surface area contributed by atoms with E-state index in [1.54, 1.807) is 6.92 Å². The number of aliphatic hydroxyl groups is 1. The molecule has 1 aliphatic heterocycles. The second-order valence-corrected chi connectivity index (χ2v) is 25.7. The Morgan fingerprint density at radius 1 is 0.951 bits per heavy atom. The third-order valence-corrected chi connectivity index (χ3v) is 19.1. The number of carbonyl (C=O) groups is 2. The van der Waals surface area contributed by atoms with Gasteiger partial charge in [0.25, 0.3) is 0 Å². The Kier molecular flexibility index (Phi) is 13.3. The van der Waals surface area contributed by atoms with Gasteiger partial charge in [0.1, 0.15) is 11.9 Å². The molecule has 240 valence electrons. The van der Waals surface area contributed by atoms with Crippen LogP contribution in [0.1, 0.15) is 108 Å². The van der Waals surface area contributed by atoms with Crippen molar-refractivity contribution in [2.24, 2.45) is 17.3 Å². The Morgan fingerprint density at radius 2 is 1.46 bits per heavy atom. The van der Waals surface area contributed by atoms with Gasteiger partial charge in [0.2, 0.25) is 0 Å². The van der Waals surface area contributed by atoms with Crippen LogP contribution in [0.15, 0.2) is 12.2 Å².